The highest BCUT2D eigenvalue weighted by Crippen LogP contribution is 2.57. The SMILES string of the molecule is CC1(C(=O)N2CC[C@]3(S(=O)(=O)c4ccc(F)cc4)c4ccc(C(F)(C(F)(F)F)C(F)(F)F)cc4CC[C@H]23)CCS(=N)(=O)CC1. The van der Waals surface area contributed by atoms with E-state index >= 15 is 0 Å². The fourth-order valence-electron chi connectivity index (χ4n) is 6.87. The molecule has 1 aliphatic carbocycles. The van der Waals surface area contributed by atoms with Crippen molar-refractivity contribution < 1.29 is 52.5 Å². The Balaban J connectivity index is 1.67. The van der Waals surface area contributed by atoms with Crippen LogP contribution in [0.25, 0.3) is 0 Å². The molecule has 44 heavy (non-hydrogen) atoms. The van der Waals surface area contributed by atoms with E-state index in [4.69, 9.17) is 4.78 Å². The fourth-order valence-corrected chi connectivity index (χ4v) is 11.0. The van der Waals surface area contributed by atoms with Crippen molar-refractivity contribution in [1.82, 2.24) is 4.90 Å². The third-order valence-electron chi connectivity index (χ3n) is 9.41. The van der Waals surface area contributed by atoms with Crippen molar-refractivity contribution in [2.75, 3.05) is 18.1 Å². The summed E-state index contributed by atoms with van der Waals surface area (Å²) in [5.41, 5.74) is -8.96. The molecule has 0 bridgehead atoms. The highest BCUT2D eigenvalue weighted by Gasteiger charge is 2.74. The van der Waals surface area contributed by atoms with Crippen LogP contribution in [0.1, 0.15) is 49.3 Å². The van der Waals surface area contributed by atoms with Gasteiger partial charge >= 0.3 is 18.0 Å². The number of halogens is 8. The molecule has 2 aromatic carbocycles. The van der Waals surface area contributed by atoms with Gasteiger partial charge in [-0.25, -0.2) is 21.4 Å². The third-order valence-corrected chi connectivity index (χ3v) is 13.7. The van der Waals surface area contributed by atoms with Crippen LogP contribution in [0.5, 0.6) is 0 Å². The third kappa shape index (κ3) is 4.72. The molecular formula is C28H28F8N2O4S2. The summed E-state index contributed by atoms with van der Waals surface area (Å²) in [6.07, 6.45) is -13.3. The second-order valence-corrected chi connectivity index (χ2v) is 16.6. The van der Waals surface area contributed by atoms with E-state index in [1.54, 1.807) is 6.92 Å². The molecule has 2 fully saturated rings. The van der Waals surface area contributed by atoms with Gasteiger partial charge in [0.2, 0.25) is 5.91 Å². The van der Waals surface area contributed by atoms with E-state index in [1.165, 1.54) is 4.90 Å². The van der Waals surface area contributed by atoms with E-state index in [-0.39, 0.29) is 72.2 Å². The van der Waals surface area contributed by atoms with Gasteiger partial charge in [-0.3, -0.25) is 9.57 Å². The van der Waals surface area contributed by atoms with Gasteiger partial charge in [-0.05, 0) is 67.5 Å². The van der Waals surface area contributed by atoms with Gasteiger partial charge in [-0.15, -0.1) is 0 Å². The second-order valence-electron chi connectivity index (χ2n) is 12.0. The zero-order chi connectivity index (χ0) is 32.7. The van der Waals surface area contributed by atoms with E-state index in [1.807, 2.05) is 0 Å². The maximum absolute atomic E-state index is 15.0. The first kappa shape index (κ1) is 32.6. The number of likely N-dealkylation sites (tertiary alicyclic amines) is 1. The Morgan fingerprint density at radius 3 is 2.07 bits per heavy atom. The molecule has 6 nitrogen and oxygen atoms in total. The number of aryl methyl sites for hydroxylation is 1. The molecule has 2 atom stereocenters. The minimum absolute atomic E-state index is 0.0399. The van der Waals surface area contributed by atoms with E-state index < -0.39 is 71.1 Å². The summed E-state index contributed by atoms with van der Waals surface area (Å²) in [4.78, 5) is 15.0. The van der Waals surface area contributed by atoms with E-state index in [9.17, 15) is 52.5 Å². The predicted octanol–water partition coefficient (Wildman–Crippen LogP) is 6.18. The van der Waals surface area contributed by atoms with Crippen LogP contribution in [0.2, 0.25) is 0 Å². The quantitative estimate of drug-likeness (QED) is 0.310. The zero-order valence-electron chi connectivity index (χ0n) is 23.2. The Bertz CT molecular complexity index is 1680. The molecule has 0 spiro atoms. The molecule has 16 heteroatoms. The first-order valence-electron chi connectivity index (χ1n) is 13.6. The number of carbonyl (C=O) groups excluding carboxylic acids is 1. The monoisotopic (exact) mass is 672 g/mol. The average Bonchev–Trinajstić information content (AvgIpc) is 3.34. The van der Waals surface area contributed by atoms with Gasteiger partial charge in [-0.1, -0.05) is 25.1 Å². The number of hydrogen-bond acceptors (Lipinski definition) is 5. The molecular weight excluding hydrogens is 644 g/mol. The normalized spacial score (nSPS) is 29.7. The van der Waals surface area contributed by atoms with Crippen molar-refractivity contribution in [2.45, 2.75) is 72.7 Å². The summed E-state index contributed by atoms with van der Waals surface area (Å²) < 4.78 is 157. The van der Waals surface area contributed by atoms with Crippen LogP contribution in [0.3, 0.4) is 0 Å². The summed E-state index contributed by atoms with van der Waals surface area (Å²) in [7, 11) is -7.48. The van der Waals surface area contributed by atoms with Gasteiger partial charge < -0.3 is 4.90 Å². The van der Waals surface area contributed by atoms with Crippen LogP contribution in [-0.4, -0.2) is 59.9 Å². The lowest BCUT2D eigenvalue weighted by Crippen LogP contribution is -2.55. The zero-order valence-corrected chi connectivity index (χ0v) is 24.8. The van der Waals surface area contributed by atoms with Crippen LogP contribution in [0, 0.1) is 16.0 Å². The average molecular weight is 673 g/mol. The summed E-state index contributed by atoms with van der Waals surface area (Å²) in [6, 6.07) is 4.04. The second kappa shape index (κ2) is 10.1. The molecule has 0 aromatic heterocycles. The van der Waals surface area contributed by atoms with E-state index in [0.717, 1.165) is 30.3 Å². The van der Waals surface area contributed by atoms with E-state index in [2.05, 4.69) is 0 Å². The Kier molecular flexibility index (Phi) is 7.51. The number of rotatable bonds is 4. The van der Waals surface area contributed by atoms with Gasteiger partial charge in [0.25, 0.3) is 0 Å². The number of alkyl halides is 7. The van der Waals surface area contributed by atoms with Gasteiger partial charge in [0.1, 0.15) is 10.6 Å². The van der Waals surface area contributed by atoms with Gasteiger partial charge in [0, 0.05) is 38.8 Å². The number of hydrogen-bond donors (Lipinski definition) is 1. The molecule has 2 heterocycles. The lowest BCUT2D eigenvalue weighted by Gasteiger charge is -2.45. The first-order chi connectivity index (χ1) is 20.1. The molecule has 2 aliphatic heterocycles. The molecule has 242 valence electrons. The smallest absolute Gasteiger partial charge is 0.337 e. The fraction of sp³-hybridized carbons (Fsp3) is 0.536. The largest absolute Gasteiger partial charge is 0.435 e. The minimum Gasteiger partial charge on any atom is -0.337 e. The molecule has 1 N–H and O–H groups in total. The summed E-state index contributed by atoms with van der Waals surface area (Å²) in [5, 5.41) is 0. The lowest BCUT2D eigenvalue weighted by molar-refractivity contribution is -0.348. The molecule has 5 rings (SSSR count). The molecule has 0 radical (unpaired) electrons. The lowest BCUT2D eigenvalue weighted by atomic mass is 9.76. The molecule has 0 saturated carbocycles. The van der Waals surface area contributed by atoms with Crippen molar-refractivity contribution in [3.05, 3.63) is 65.0 Å². The molecule has 3 aliphatic rings. The van der Waals surface area contributed by atoms with Gasteiger partial charge in [0.15, 0.2) is 9.84 Å². The highest BCUT2D eigenvalue weighted by molar-refractivity contribution is 7.92. The standard InChI is InChI=1S/C28H28F8N2O4S2/c1-24(11-14-43(37,40)15-12-24)23(39)38-13-10-25(44(41,42)20-6-4-19(29)5-7-20)21-8-3-18(16-17(21)2-9-22(25)38)26(30,27(31,32)33)28(34,35)36/h3-8,16,22,37H,2,9-15H2,1H3/t22-,24?,25-,43?/m0/s1. The van der Waals surface area contributed by atoms with Crippen LogP contribution >= 0.6 is 0 Å². The van der Waals surface area contributed by atoms with Crippen LogP contribution in [-0.2, 0) is 41.2 Å². The molecule has 2 saturated heterocycles. The highest BCUT2D eigenvalue weighted by atomic mass is 32.2. The minimum atomic E-state index is -6.37. The summed E-state index contributed by atoms with van der Waals surface area (Å²) in [6.45, 7) is 1.48. The number of amides is 1. The number of fused-ring (bicyclic) bond motifs is 3. The Labute approximate surface area is 248 Å². The van der Waals surface area contributed by atoms with Crippen molar-refractivity contribution in [3.63, 3.8) is 0 Å². The Morgan fingerprint density at radius 1 is 0.955 bits per heavy atom. The number of nitrogens with zero attached hydrogens (tertiary/aromatic N) is 1. The first-order valence-corrected chi connectivity index (χ1v) is 17.0. The topological polar surface area (TPSA) is 95.4 Å². The molecule has 0 unspecified atom stereocenters. The maximum atomic E-state index is 15.0. The molecule has 1 amide bonds. The van der Waals surface area contributed by atoms with Crippen LogP contribution < -0.4 is 0 Å². The summed E-state index contributed by atoms with van der Waals surface area (Å²) in [5.74, 6) is -1.31. The van der Waals surface area contributed by atoms with Gasteiger partial charge in [0.05, 0.1) is 10.9 Å². The number of sulfone groups is 1. The summed E-state index contributed by atoms with van der Waals surface area (Å²) >= 11 is 0. The van der Waals surface area contributed by atoms with Crippen LogP contribution in [0.15, 0.2) is 47.4 Å². The number of carbonyl (C=O) groups is 1. The van der Waals surface area contributed by atoms with Crippen molar-refractivity contribution in [3.8, 4) is 0 Å². The predicted molar refractivity (Wildman–Crippen MR) is 143 cm³/mol. The van der Waals surface area contributed by atoms with Gasteiger partial charge in [-0.2, -0.15) is 26.3 Å². The Hall–Kier alpha value is -2.75. The van der Waals surface area contributed by atoms with Crippen molar-refractivity contribution in [1.29, 1.82) is 4.78 Å². The van der Waals surface area contributed by atoms with E-state index in [0.29, 0.717) is 6.07 Å². The van der Waals surface area contributed by atoms with Crippen molar-refractivity contribution in [2.24, 2.45) is 5.41 Å². The number of nitrogens with one attached hydrogen (secondary N) is 1. The Morgan fingerprint density at radius 2 is 1.52 bits per heavy atom. The van der Waals surface area contributed by atoms with Crippen LogP contribution in [0.4, 0.5) is 35.1 Å². The van der Waals surface area contributed by atoms with Crippen molar-refractivity contribution >= 4 is 25.5 Å². The molecule has 2 aromatic rings. The maximum Gasteiger partial charge on any atom is 0.435 e. The number of benzene rings is 2.